The summed E-state index contributed by atoms with van der Waals surface area (Å²) in [4.78, 5) is 0. The number of hydrogen-bond donors (Lipinski definition) is 2. The zero-order valence-electron chi connectivity index (χ0n) is 14.4. The Kier molecular flexibility index (Phi) is 4.76. The van der Waals surface area contributed by atoms with Crippen molar-refractivity contribution in [3.8, 4) is 0 Å². The Bertz CT molecular complexity index is 566. The van der Waals surface area contributed by atoms with Crippen LogP contribution in [0.25, 0.3) is 0 Å². The van der Waals surface area contributed by atoms with Gasteiger partial charge in [-0.15, -0.1) is 5.53 Å². The lowest BCUT2D eigenvalue weighted by Gasteiger charge is -2.28. The summed E-state index contributed by atoms with van der Waals surface area (Å²) in [6.07, 6.45) is 1.15. The number of halogens is 1. The van der Waals surface area contributed by atoms with Crippen molar-refractivity contribution in [1.82, 2.24) is 5.53 Å². The Morgan fingerprint density at radius 2 is 2.17 bits per heavy atom. The fourth-order valence-corrected chi connectivity index (χ4v) is 3.85. The molecule has 5 nitrogen and oxygen atoms in total. The van der Waals surface area contributed by atoms with Gasteiger partial charge in [-0.05, 0) is 39.9 Å². The number of benzene rings is 1. The first-order valence-corrected chi connectivity index (χ1v) is 9.06. The standard InChI is InChI=1S/C17H27BrN4O/c1-17(2,3)11-22-14-6-5-13(15(18)16(14)21(4)20-22)19-9-12-7-8-23-10-12/h5-6,12,19-20H,7-11H2,1-4H3. The predicted octanol–water partition coefficient (Wildman–Crippen LogP) is 3.62. The molecule has 1 aromatic carbocycles. The minimum absolute atomic E-state index is 0.224. The highest BCUT2D eigenvalue weighted by Gasteiger charge is 2.29. The Labute approximate surface area is 147 Å². The van der Waals surface area contributed by atoms with Crippen LogP contribution in [0.1, 0.15) is 27.2 Å². The number of nitrogens with one attached hydrogen (secondary N) is 2. The third kappa shape index (κ3) is 3.75. The van der Waals surface area contributed by atoms with E-state index >= 15 is 0 Å². The molecule has 0 spiro atoms. The third-order valence-corrected chi connectivity index (χ3v) is 5.03. The summed E-state index contributed by atoms with van der Waals surface area (Å²) >= 11 is 3.79. The maximum absolute atomic E-state index is 5.45. The Hall–Kier alpha value is -0.980. The molecule has 2 aliphatic rings. The maximum Gasteiger partial charge on any atom is 0.0945 e. The molecule has 0 saturated carbocycles. The van der Waals surface area contributed by atoms with Gasteiger partial charge < -0.3 is 10.1 Å². The van der Waals surface area contributed by atoms with Gasteiger partial charge >= 0.3 is 0 Å². The lowest BCUT2D eigenvalue weighted by atomic mass is 9.96. The molecule has 0 radical (unpaired) electrons. The highest BCUT2D eigenvalue weighted by Crippen LogP contribution is 2.43. The van der Waals surface area contributed by atoms with Gasteiger partial charge in [0, 0.05) is 32.7 Å². The zero-order valence-corrected chi connectivity index (χ0v) is 16.0. The molecule has 0 aromatic heterocycles. The summed E-state index contributed by atoms with van der Waals surface area (Å²) in [6.45, 7) is 10.4. The molecule has 1 aromatic rings. The number of rotatable bonds is 4. The van der Waals surface area contributed by atoms with Crippen molar-refractivity contribution in [2.24, 2.45) is 11.3 Å². The van der Waals surface area contributed by atoms with Crippen LogP contribution in [0, 0.1) is 11.3 Å². The van der Waals surface area contributed by atoms with Crippen LogP contribution in [0.4, 0.5) is 17.1 Å². The molecule has 2 heterocycles. The second-order valence-electron chi connectivity index (χ2n) is 7.71. The summed E-state index contributed by atoms with van der Waals surface area (Å²) in [5.41, 5.74) is 7.19. The average molecular weight is 383 g/mol. The molecule has 2 N–H and O–H groups in total. The van der Waals surface area contributed by atoms with E-state index < -0.39 is 0 Å². The maximum atomic E-state index is 5.45. The summed E-state index contributed by atoms with van der Waals surface area (Å²) in [6, 6.07) is 4.35. The van der Waals surface area contributed by atoms with Crippen molar-refractivity contribution in [2.75, 3.05) is 48.7 Å². The quantitative estimate of drug-likeness (QED) is 0.831. The molecule has 0 amide bonds. The van der Waals surface area contributed by atoms with Crippen LogP contribution in [0.5, 0.6) is 0 Å². The number of hydrazine groups is 2. The summed E-state index contributed by atoms with van der Waals surface area (Å²) in [5.74, 6) is 0.614. The van der Waals surface area contributed by atoms with Gasteiger partial charge in [-0.2, -0.15) is 0 Å². The van der Waals surface area contributed by atoms with E-state index in [0.29, 0.717) is 5.92 Å². The highest BCUT2D eigenvalue weighted by atomic mass is 79.9. The molecule has 3 rings (SSSR count). The molecule has 1 saturated heterocycles. The molecular formula is C17H27BrN4O. The molecule has 1 atom stereocenters. The highest BCUT2D eigenvalue weighted by molar-refractivity contribution is 9.10. The lowest BCUT2D eigenvalue weighted by Crippen LogP contribution is -2.45. The second-order valence-corrected chi connectivity index (χ2v) is 8.50. The Balaban J connectivity index is 1.77. The van der Waals surface area contributed by atoms with Crippen LogP contribution in [0.15, 0.2) is 16.6 Å². The van der Waals surface area contributed by atoms with Crippen molar-refractivity contribution in [1.29, 1.82) is 0 Å². The summed E-state index contributed by atoms with van der Waals surface area (Å²) in [5, 5.41) is 7.86. The number of ether oxygens (including phenoxy) is 1. The molecule has 1 fully saturated rings. The zero-order chi connectivity index (χ0) is 16.6. The van der Waals surface area contributed by atoms with Gasteiger partial charge in [0.05, 0.1) is 28.1 Å². The third-order valence-electron chi connectivity index (χ3n) is 4.23. The summed E-state index contributed by atoms with van der Waals surface area (Å²) in [7, 11) is 2.06. The second kappa shape index (κ2) is 6.49. The molecule has 23 heavy (non-hydrogen) atoms. The van der Waals surface area contributed by atoms with Gasteiger partial charge in [-0.1, -0.05) is 20.8 Å². The van der Waals surface area contributed by atoms with Crippen molar-refractivity contribution in [3.63, 3.8) is 0 Å². The SMILES string of the molecule is CN1NN(CC(C)(C)C)c2ccc(NCC3CCOC3)c(Br)c21. The van der Waals surface area contributed by atoms with Crippen LogP contribution in [0.2, 0.25) is 0 Å². The van der Waals surface area contributed by atoms with E-state index in [1.807, 2.05) is 0 Å². The fraction of sp³-hybridized carbons (Fsp3) is 0.647. The molecule has 2 aliphatic heterocycles. The van der Waals surface area contributed by atoms with Crippen molar-refractivity contribution in [2.45, 2.75) is 27.2 Å². The number of fused-ring (bicyclic) bond motifs is 1. The van der Waals surface area contributed by atoms with Crippen LogP contribution < -0.4 is 20.9 Å². The number of hydrogen-bond acceptors (Lipinski definition) is 5. The van der Waals surface area contributed by atoms with E-state index in [0.717, 1.165) is 42.9 Å². The minimum Gasteiger partial charge on any atom is -0.384 e. The molecule has 0 bridgehead atoms. The van der Waals surface area contributed by atoms with Gasteiger partial charge in [0.15, 0.2) is 0 Å². The first-order chi connectivity index (χ1) is 10.8. The largest absolute Gasteiger partial charge is 0.384 e. The molecule has 0 aliphatic carbocycles. The lowest BCUT2D eigenvalue weighted by molar-refractivity contribution is 0.187. The Morgan fingerprint density at radius 1 is 1.39 bits per heavy atom. The van der Waals surface area contributed by atoms with Gasteiger partial charge in [-0.25, -0.2) is 0 Å². The van der Waals surface area contributed by atoms with Gasteiger partial charge in [0.2, 0.25) is 0 Å². The topological polar surface area (TPSA) is 39.8 Å². The predicted molar refractivity (Wildman–Crippen MR) is 99.9 cm³/mol. The normalized spacial score (nSPS) is 21.0. The Morgan fingerprint density at radius 3 is 2.83 bits per heavy atom. The van der Waals surface area contributed by atoms with Gasteiger partial charge in [0.1, 0.15) is 0 Å². The van der Waals surface area contributed by atoms with Crippen LogP contribution in [-0.2, 0) is 4.74 Å². The van der Waals surface area contributed by atoms with Crippen molar-refractivity contribution < 1.29 is 4.74 Å². The number of anilines is 3. The van der Waals surface area contributed by atoms with Crippen LogP contribution >= 0.6 is 15.9 Å². The smallest absolute Gasteiger partial charge is 0.0945 e. The average Bonchev–Trinajstić information content (AvgIpc) is 3.05. The molecule has 128 valence electrons. The molecule has 6 heteroatoms. The minimum atomic E-state index is 0.224. The van der Waals surface area contributed by atoms with E-state index in [1.165, 1.54) is 11.4 Å². The van der Waals surface area contributed by atoms with Crippen molar-refractivity contribution in [3.05, 3.63) is 16.6 Å². The number of nitrogens with zero attached hydrogens (tertiary/aromatic N) is 2. The van der Waals surface area contributed by atoms with Gasteiger partial charge in [0.25, 0.3) is 0 Å². The first kappa shape index (κ1) is 16.9. The van der Waals surface area contributed by atoms with E-state index in [1.54, 1.807) is 0 Å². The van der Waals surface area contributed by atoms with E-state index in [4.69, 9.17) is 4.74 Å². The monoisotopic (exact) mass is 382 g/mol. The van der Waals surface area contributed by atoms with Crippen molar-refractivity contribution >= 4 is 33.0 Å². The van der Waals surface area contributed by atoms with Gasteiger partial charge in [-0.3, -0.25) is 10.0 Å². The fourth-order valence-electron chi connectivity index (χ4n) is 3.11. The van der Waals surface area contributed by atoms with E-state index in [-0.39, 0.29) is 5.41 Å². The summed E-state index contributed by atoms with van der Waals surface area (Å²) < 4.78 is 6.56. The molecule has 1 unspecified atom stereocenters. The van der Waals surface area contributed by atoms with E-state index in [9.17, 15) is 0 Å². The van der Waals surface area contributed by atoms with Crippen LogP contribution in [-0.4, -0.2) is 33.4 Å². The van der Waals surface area contributed by atoms with E-state index in [2.05, 4.69) is 76.8 Å². The van der Waals surface area contributed by atoms with Crippen LogP contribution in [0.3, 0.4) is 0 Å². The molecular weight excluding hydrogens is 356 g/mol. The first-order valence-electron chi connectivity index (χ1n) is 8.27.